The molecule has 0 saturated heterocycles. The van der Waals surface area contributed by atoms with Gasteiger partial charge in [-0.2, -0.15) is 0 Å². The lowest BCUT2D eigenvalue weighted by Gasteiger charge is -2.55. The van der Waals surface area contributed by atoms with E-state index in [-0.39, 0.29) is 6.04 Å². The van der Waals surface area contributed by atoms with E-state index in [2.05, 4.69) is 32.0 Å². The first kappa shape index (κ1) is 13.9. The summed E-state index contributed by atoms with van der Waals surface area (Å²) in [6, 6.07) is 0.773. The van der Waals surface area contributed by atoms with Gasteiger partial charge in [0, 0.05) is 18.1 Å². The average Bonchev–Trinajstić information content (AvgIpc) is 2.84. The van der Waals surface area contributed by atoms with Crippen LogP contribution in [0.3, 0.4) is 0 Å². The van der Waals surface area contributed by atoms with Crippen molar-refractivity contribution in [3.8, 4) is 12.3 Å². The van der Waals surface area contributed by atoms with Crippen molar-refractivity contribution in [2.24, 2.45) is 11.3 Å². The molecule has 1 spiro atoms. The van der Waals surface area contributed by atoms with Crippen LogP contribution in [-0.4, -0.2) is 24.8 Å². The monoisotopic (exact) mass is 249 g/mol. The summed E-state index contributed by atoms with van der Waals surface area (Å²) in [7, 11) is 0. The first-order chi connectivity index (χ1) is 8.64. The molecule has 102 valence electrons. The van der Waals surface area contributed by atoms with Crippen LogP contribution in [0.4, 0.5) is 0 Å². The number of rotatable bonds is 5. The lowest BCUT2D eigenvalue weighted by Crippen LogP contribution is -2.64. The largest absolute Gasteiger partial charge is 0.378 e. The summed E-state index contributed by atoms with van der Waals surface area (Å²) in [5, 5.41) is 3.71. The van der Waals surface area contributed by atoms with Gasteiger partial charge >= 0.3 is 0 Å². The first-order valence-electron chi connectivity index (χ1n) is 7.48. The molecule has 2 saturated carbocycles. The lowest BCUT2D eigenvalue weighted by atomic mass is 9.60. The highest BCUT2D eigenvalue weighted by atomic mass is 16.5. The topological polar surface area (TPSA) is 21.3 Å². The van der Waals surface area contributed by atoms with E-state index >= 15 is 0 Å². The third kappa shape index (κ3) is 2.31. The molecule has 0 radical (unpaired) electrons. The van der Waals surface area contributed by atoms with E-state index in [1.165, 1.54) is 25.7 Å². The van der Waals surface area contributed by atoms with Gasteiger partial charge < -0.3 is 4.74 Å². The third-order valence-electron chi connectivity index (χ3n) is 4.91. The minimum absolute atomic E-state index is 0.204. The van der Waals surface area contributed by atoms with Crippen LogP contribution in [0.25, 0.3) is 0 Å². The van der Waals surface area contributed by atoms with Crippen LogP contribution in [0, 0.1) is 23.7 Å². The Morgan fingerprint density at radius 1 is 1.39 bits per heavy atom. The molecule has 0 bridgehead atoms. The van der Waals surface area contributed by atoms with E-state index in [1.54, 1.807) is 0 Å². The molecule has 2 rings (SSSR count). The molecule has 2 aliphatic carbocycles. The molecule has 0 heterocycles. The maximum absolute atomic E-state index is 5.93. The molecule has 2 aliphatic rings. The Morgan fingerprint density at radius 2 is 2.06 bits per heavy atom. The van der Waals surface area contributed by atoms with Gasteiger partial charge in [-0.25, -0.2) is 0 Å². The predicted octanol–water partition coefficient (Wildman–Crippen LogP) is 2.97. The van der Waals surface area contributed by atoms with Crippen LogP contribution in [0.5, 0.6) is 0 Å². The molecule has 0 amide bonds. The van der Waals surface area contributed by atoms with Gasteiger partial charge in [0.15, 0.2) is 0 Å². The van der Waals surface area contributed by atoms with E-state index < -0.39 is 0 Å². The second-order valence-corrected chi connectivity index (χ2v) is 6.23. The molecule has 0 aliphatic heterocycles. The summed E-state index contributed by atoms with van der Waals surface area (Å²) >= 11 is 0. The van der Waals surface area contributed by atoms with Crippen molar-refractivity contribution in [3.05, 3.63) is 0 Å². The molecular formula is C16H27NO. The summed E-state index contributed by atoms with van der Waals surface area (Å²) in [5.41, 5.74) is 0.389. The van der Waals surface area contributed by atoms with Gasteiger partial charge in [-0.05, 0) is 32.1 Å². The van der Waals surface area contributed by atoms with Crippen LogP contribution < -0.4 is 5.32 Å². The quantitative estimate of drug-likeness (QED) is 0.756. The third-order valence-corrected chi connectivity index (χ3v) is 4.91. The van der Waals surface area contributed by atoms with Gasteiger partial charge in [0.05, 0.1) is 12.1 Å². The second-order valence-electron chi connectivity index (χ2n) is 6.23. The van der Waals surface area contributed by atoms with E-state index in [9.17, 15) is 0 Å². The maximum atomic E-state index is 5.93. The van der Waals surface area contributed by atoms with E-state index in [0.717, 1.165) is 13.0 Å². The van der Waals surface area contributed by atoms with Crippen LogP contribution in [0.2, 0.25) is 0 Å². The Balaban J connectivity index is 2.00. The normalized spacial score (nSPS) is 31.3. The van der Waals surface area contributed by atoms with E-state index in [4.69, 9.17) is 11.2 Å². The first-order valence-corrected chi connectivity index (χ1v) is 7.48. The number of terminal acetylenes is 1. The molecule has 2 nitrogen and oxygen atoms in total. The average molecular weight is 249 g/mol. The molecule has 2 fully saturated rings. The van der Waals surface area contributed by atoms with Gasteiger partial charge in [-0.1, -0.05) is 32.6 Å². The van der Waals surface area contributed by atoms with Crippen LogP contribution >= 0.6 is 0 Å². The fourth-order valence-corrected chi connectivity index (χ4v) is 3.77. The Kier molecular flexibility index (Phi) is 4.35. The van der Waals surface area contributed by atoms with Crippen molar-refractivity contribution in [1.82, 2.24) is 5.32 Å². The molecule has 1 N–H and O–H groups in total. The number of ether oxygens (including phenoxy) is 1. The number of hydrogen-bond donors (Lipinski definition) is 1. The van der Waals surface area contributed by atoms with Gasteiger partial charge in [0.25, 0.3) is 0 Å². The minimum atomic E-state index is 0.204. The minimum Gasteiger partial charge on any atom is -0.378 e. The highest BCUT2D eigenvalue weighted by molar-refractivity contribution is 5.13. The molecule has 0 aromatic heterocycles. The fourth-order valence-electron chi connectivity index (χ4n) is 3.77. The summed E-state index contributed by atoms with van der Waals surface area (Å²) in [6.07, 6.45) is 12.6. The summed E-state index contributed by atoms with van der Waals surface area (Å²) in [4.78, 5) is 0. The van der Waals surface area contributed by atoms with Crippen molar-refractivity contribution < 1.29 is 4.74 Å². The standard InChI is InChI=1S/C16H27NO/c1-5-13(12(3)4)17-14-11-15(18-6-2)16(14)9-7-8-10-16/h1,12-15,17H,6-11H2,2-4H3. The molecule has 0 aromatic carbocycles. The van der Waals surface area contributed by atoms with E-state index in [0.29, 0.717) is 23.5 Å². The zero-order valence-electron chi connectivity index (χ0n) is 12.0. The summed E-state index contributed by atoms with van der Waals surface area (Å²) in [5.74, 6) is 3.40. The van der Waals surface area contributed by atoms with Gasteiger partial charge in [0.2, 0.25) is 0 Å². The van der Waals surface area contributed by atoms with Gasteiger partial charge in [-0.15, -0.1) is 6.42 Å². The van der Waals surface area contributed by atoms with Crippen molar-refractivity contribution in [1.29, 1.82) is 0 Å². The summed E-state index contributed by atoms with van der Waals surface area (Å²) in [6.45, 7) is 7.32. The zero-order valence-corrected chi connectivity index (χ0v) is 12.0. The predicted molar refractivity (Wildman–Crippen MR) is 75.3 cm³/mol. The Labute approximate surface area is 112 Å². The summed E-state index contributed by atoms with van der Waals surface area (Å²) < 4.78 is 5.93. The smallest absolute Gasteiger partial charge is 0.0712 e. The SMILES string of the molecule is C#CC(NC1CC(OCC)C12CCCC2)C(C)C. The molecular weight excluding hydrogens is 222 g/mol. The Hall–Kier alpha value is -0.520. The van der Waals surface area contributed by atoms with Crippen LogP contribution in [-0.2, 0) is 4.74 Å². The molecule has 3 atom stereocenters. The Bertz CT molecular complexity index is 312. The van der Waals surface area contributed by atoms with Crippen molar-refractivity contribution in [2.75, 3.05) is 6.61 Å². The molecule has 2 heteroatoms. The van der Waals surface area contributed by atoms with Crippen LogP contribution in [0.1, 0.15) is 52.9 Å². The molecule has 18 heavy (non-hydrogen) atoms. The highest BCUT2D eigenvalue weighted by Crippen LogP contribution is 2.54. The maximum Gasteiger partial charge on any atom is 0.0712 e. The van der Waals surface area contributed by atoms with Gasteiger partial charge in [-0.3, -0.25) is 5.32 Å². The van der Waals surface area contributed by atoms with E-state index in [1.807, 2.05) is 0 Å². The van der Waals surface area contributed by atoms with Crippen molar-refractivity contribution in [3.63, 3.8) is 0 Å². The zero-order chi connectivity index (χ0) is 13.2. The molecule has 3 unspecified atom stereocenters. The van der Waals surface area contributed by atoms with Gasteiger partial charge in [0.1, 0.15) is 0 Å². The number of nitrogens with one attached hydrogen (secondary N) is 1. The van der Waals surface area contributed by atoms with Crippen molar-refractivity contribution >= 4 is 0 Å². The molecule has 0 aromatic rings. The highest BCUT2D eigenvalue weighted by Gasteiger charge is 2.56. The lowest BCUT2D eigenvalue weighted by molar-refractivity contribution is -0.132. The number of hydrogen-bond acceptors (Lipinski definition) is 2. The van der Waals surface area contributed by atoms with Crippen molar-refractivity contribution in [2.45, 2.75) is 71.1 Å². The fraction of sp³-hybridized carbons (Fsp3) is 0.875. The Morgan fingerprint density at radius 3 is 2.56 bits per heavy atom. The van der Waals surface area contributed by atoms with Crippen LogP contribution in [0.15, 0.2) is 0 Å². The second kappa shape index (κ2) is 5.63.